The minimum absolute atomic E-state index is 0.966. The number of hydrogen-bond donors (Lipinski definition) is 0. The summed E-state index contributed by atoms with van der Waals surface area (Å²) in [6.45, 7) is 0. The topological polar surface area (TPSA) is 17.6 Å². The Labute approximate surface area is 181 Å². The standard InChI is InChI=1S/C30H15NO/c1-2-11-24-16(6-1)19-9-3-10-20-23-14-21-17-7-4-12-26-28(17)29-18(8-5-13-27(29)32-26)22(21)15-25(23)31(24)30(19)20/h1-15H. The van der Waals surface area contributed by atoms with E-state index < -0.39 is 0 Å². The van der Waals surface area contributed by atoms with Gasteiger partial charge in [0.1, 0.15) is 11.2 Å². The van der Waals surface area contributed by atoms with Crippen LogP contribution in [-0.4, -0.2) is 4.40 Å². The molecule has 0 aliphatic rings. The molecule has 3 aromatic heterocycles. The summed E-state index contributed by atoms with van der Waals surface area (Å²) in [5, 5.41) is 12.9. The van der Waals surface area contributed by atoms with Crippen LogP contribution >= 0.6 is 0 Å². The minimum Gasteiger partial charge on any atom is -0.456 e. The van der Waals surface area contributed by atoms with Gasteiger partial charge in [0, 0.05) is 32.3 Å². The van der Waals surface area contributed by atoms with Crippen LogP contribution in [0.3, 0.4) is 0 Å². The zero-order chi connectivity index (χ0) is 20.6. The fourth-order valence-corrected chi connectivity index (χ4v) is 6.24. The second-order valence-corrected chi connectivity index (χ2v) is 8.93. The molecule has 0 radical (unpaired) electrons. The van der Waals surface area contributed by atoms with Crippen LogP contribution in [-0.2, 0) is 0 Å². The largest absolute Gasteiger partial charge is 0.456 e. The number of benzene rings is 6. The Hall–Kier alpha value is -4.30. The number of aromatic nitrogens is 1. The molecule has 0 bridgehead atoms. The SMILES string of the molecule is c1cc2oc3cccc4c5cc6c(cc5c(c1)c2c34)c1cccc2c3ccccc3n6c21. The number of para-hydroxylation sites is 2. The lowest BCUT2D eigenvalue weighted by Gasteiger charge is -2.09. The van der Waals surface area contributed by atoms with Crippen molar-refractivity contribution in [2.24, 2.45) is 0 Å². The van der Waals surface area contributed by atoms with E-state index in [0.29, 0.717) is 0 Å². The third-order valence-electron chi connectivity index (χ3n) is 7.46. The van der Waals surface area contributed by atoms with E-state index in [2.05, 4.69) is 95.4 Å². The maximum atomic E-state index is 6.23. The summed E-state index contributed by atoms with van der Waals surface area (Å²) in [4.78, 5) is 0. The van der Waals surface area contributed by atoms with E-state index >= 15 is 0 Å². The maximum absolute atomic E-state index is 6.23. The summed E-state index contributed by atoms with van der Waals surface area (Å²) in [7, 11) is 0. The van der Waals surface area contributed by atoms with Crippen molar-refractivity contribution in [3.63, 3.8) is 0 Å². The smallest absolute Gasteiger partial charge is 0.136 e. The Morgan fingerprint density at radius 3 is 1.81 bits per heavy atom. The number of rotatable bonds is 0. The van der Waals surface area contributed by atoms with Gasteiger partial charge in [0.05, 0.1) is 16.6 Å². The Morgan fingerprint density at radius 2 is 1.03 bits per heavy atom. The van der Waals surface area contributed by atoms with E-state index in [-0.39, 0.29) is 0 Å². The molecule has 0 amide bonds. The molecule has 0 aliphatic carbocycles. The van der Waals surface area contributed by atoms with Crippen molar-refractivity contribution in [3.05, 3.63) is 91.0 Å². The Morgan fingerprint density at radius 1 is 0.438 bits per heavy atom. The average molecular weight is 405 g/mol. The molecular weight excluding hydrogens is 390 g/mol. The molecule has 3 heterocycles. The summed E-state index contributed by atoms with van der Waals surface area (Å²) in [5.74, 6) is 0. The van der Waals surface area contributed by atoms with Crippen LogP contribution in [0.15, 0.2) is 95.4 Å². The van der Waals surface area contributed by atoms with Gasteiger partial charge in [-0.15, -0.1) is 0 Å². The lowest BCUT2D eigenvalue weighted by Crippen LogP contribution is -1.84. The molecule has 0 saturated carbocycles. The first-order valence-electron chi connectivity index (χ1n) is 11.0. The van der Waals surface area contributed by atoms with Crippen molar-refractivity contribution >= 4 is 81.6 Å². The molecule has 146 valence electrons. The number of furan rings is 1. The quantitative estimate of drug-likeness (QED) is 0.231. The minimum atomic E-state index is 0.966. The monoisotopic (exact) mass is 405 g/mol. The van der Waals surface area contributed by atoms with Gasteiger partial charge in [0.2, 0.25) is 0 Å². The number of hydrogen-bond acceptors (Lipinski definition) is 1. The van der Waals surface area contributed by atoms with Gasteiger partial charge in [-0.05, 0) is 51.9 Å². The van der Waals surface area contributed by atoms with Crippen molar-refractivity contribution < 1.29 is 4.42 Å². The molecule has 0 unspecified atom stereocenters. The molecule has 9 rings (SSSR count). The Bertz CT molecular complexity index is 2190. The fraction of sp³-hybridized carbons (Fsp3) is 0. The third-order valence-corrected chi connectivity index (χ3v) is 7.46. The van der Waals surface area contributed by atoms with Crippen LogP contribution in [0, 0.1) is 0 Å². The van der Waals surface area contributed by atoms with E-state index in [9.17, 15) is 0 Å². The lowest BCUT2D eigenvalue weighted by molar-refractivity contribution is 0.669. The molecule has 2 heteroatoms. The fourth-order valence-electron chi connectivity index (χ4n) is 6.24. The van der Waals surface area contributed by atoms with Gasteiger partial charge in [0.15, 0.2) is 0 Å². The van der Waals surface area contributed by atoms with Gasteiger partial charge in [-0.25, -0.2) is 0 Å². The highest BCUT2D eigenvalue weighted by atomic mass is 16.3. The van der Waals surface area contributed by atoms with Crippen LogP contribution in [0.4, 0.5) is 0 Å². The van der Waals surface area contributed by atoms with Gasteiger partial charge in [0.25, 0.3) is 0 Å². The summed E-state index contributed by atoms with van der Waals surface area (Å²) in [6.07, 6.45) is 0. The van der Waals surface area contributed by atoms with Crippen LogP contribution in [0.1, 0.15) is 0 Å². The van der Waals surface area contributed by atoms with Crippen LogP contribution in [0.25, 0.3) is 81.6 Å². The summed E-state index contributed by atoms with van der Waals surface area (Å²) >= 11 is 0. The van der Waals surface area contributed by atoms with E-state index in [1.165, 1.54) is 70.4 Å². The average Bonchev–Trinajstić information content (AvgIpc) is 3.49. The van der Waals surface area contributed by atoms with Crippen LogP contribution < -0.4 is 0 Å². The zero-order valence-corrected chi connectivity index (χ0v) is 17.0. The molecule has 9 aromatic rings. The highest BCUT2D eigenvalue weighted by molar-refractivity contribution is 6.35. The van der Waals surface area contributed by atoms with Gasteiger partial charge in [-0.1, -0.05) is 60.7 Å². The van der Waals surface area contributed by atoms with Crippen LogP contribution in [0.2, 0.25) is 0 Å². The zero-order valence-electron chi connectivity index (χ0n) is 17.0. The first-order valence-corrected chi connectivity index (χ1v) is 11.0. The van der Waals surface area contributed by atoms with Gasteiger partial charge in [-0.3, -0.25) is 0 Å². The lowest BCUT2D eigenvalue weighted by atomic mass is 9.93. The summed E-state index contributed by atoms with van der Waals surface area (Å²) < 4.78 is 8.69. The highest BCUT2D eigenvalue weighted by Crippen LogP contribution is 2.45. The molecule has 0 fully saturated rings. The Balaban J connectivity index is 1.66. The number of fused-ring (bicyclic) bond motifs is 9. The summed E-state index contributed by atoms with van der Waals surface area (Å²) in [5.41, 5.74) is 5.80. The molecule has 32 heavy (non-hydrogen) atoms. The van der Waals surface area contributed by atoms with Crippen molar-refractivity contribution in [1.29, 1.82) is 0 Å². The second kappa shape index (κ2) is 4.95. The molecule has 0 aliphatic heterocycles. The van der Waals surface area contributed by atoms with E-state index in [0.717, 1.165) is 11.2 Å². The molecule has 6 aromatic carbocycles. The van der Waals surface area contributed by atoms with Crippen molar-refractivity contribution in [3.8, 4) is 0 Å². The third kappa shape index (κ3) is 1.55. The maximum Gasteiger partial charge on any atom is 0.136 e. The first-order chi connectivity index (χ1) is 15.9. The van der Waals surface area contributed by atoms with Gasteiger partial charge < -0.3 is 8.82 Å². The molecule has 2 nitrogen and oxygen atoms in total. The van der Waals surface area contributed by atoms with Crippen molar-refractivity contribution in [2.75, 3.05) is 0 Å². The van der Waals surface area contributed by atoms with Crippen molar-refractivity contribution in [2.45, 2.75) is 0 Å². The van der Waals surface area contributed by atoms with E-state index in [1.54, 1.807) is 0 Å². The normalized spacial score (nSPS) is 13.0. The van der Waals surface area contributed by atoms with Gasteiger partial charge >= 0.3 is 0 Å². The molecule has 0 N–H and O–H groups in total. The van der Waals surface area contributed by atoms with Gasteiger partial charge in [-0.2, -0.15) is 0 Å². The second-order valence-electron chi connectivity index (χ2n) is 8.93. The number of nitrogens with zero attached hydrogens (tertiary/aromatic N) is 1. The molecular formula is C30H15NO. The molecule has 0 atom stereocenters. The first kappa shape index (κ1) is 15.5. The molecule has 0 saturated heterocycles. The van der Waals surface area contributed by atoms with Crippen LogP contribution in [0.5, 0.6) is 0 Å². The van der Waals surface area contributed by atoms with Crippen molar-refractivity contribution in [1.82, 2.24) is 4.40 Å². The van der Waals surface area contributed by atoms with E-state index in [4.69, 9.17) is 4.42 Å². The predicted molar refractivity (Wildman–Crippen MR) is 135 cm³/mol. The summed E-state index contributed by atoms with van der Waals surface area (Å²) in [6, 6.07) is 33.1. The molecule has 0 spiro atoms. The highest BCUT2D eigenvalue weighted by Gasteiger charge is 2.21. The Kier molecular flexibility index (Phi) is 2.40. The predicted octanol–water partition coefficient (Wildman–Crippen LogP) is 8.48. The van der Waals surface area contributed by atoms with E-state index in [1.807, 2.05) is 0 Å².